The molecule has 3 amide bonds. The van der Waals surface area contributed by atoms with E-state index in [4.69, 9.17) is 4.74 Å². The zero-order valence-corrected chi connectivity index (χ0v) is 26.0. The van der Waals surface area contributed by atoms with E-state index in [1.807, 2.05) is 49.9 Å². The van der Waals surface area contributed by atoms with Crippen molar-refractivity contribution >= 4 is 35.1 Å². The van der Waals surface area contributed by atoms with Gasteiger partial charge < -0.3 is 30.2 Å². The topological polar surface area (TPSA) is 107 Å². The van der Waals surface area contributed by atoms with Crippen molar-refractivity contribution in [2.45, 2.75) is 58.5 Å². The highest BCUT2D eigenvalue weighted by atomic mass is 16.5. The summed E-state index contributed by atoms with van der Waals surface area (Å²) in [4.78, 5) is 48.1. The summed E-state index contributed by atoms with van der Waals surface area (Å²) in [5.74, 6) is 0.299. The van der Waals surface area contributed by atoms with Crippen molar-refractivity contribution in [1.82, 2.24) is 20.1 Å². The molecule has 0 bridgehead atoms. The quantitative estimate of drug-likeness (QED) is 0.306. The van der Waals surface area contributed by atoms with Gasteiger partial charge in [0.05, 0.1) is 24.3 Å². The van der Waals surface area contributed by atoms with Crippen molar-refractivity contribution in [1.29, 1.82) is 0 Å². The Labute approximate surface area is 258 Å². The standard InChI is InChI=1S/C35H41N5O4/c1-21-31(36-23(3)32(21)35(43)40-16-8-10-26(40)20-39-14-5-6-15-39)19-29-28-18-25(12-13-30(28)38-34(29)42)33(41)37-22(2)24-9-7-11-27(17-24)44-4/h7,9,11-13,17-19,22,26,36H,5-6,8,10,14-16,20H2,1-4H3,(H,37,41)(H,38,42)/b29-19-/t22-,26+/m1/s1. The number of fused-ring (bicyclic) bond motifs is 1. The van der Waals surface area contributed by atoms with E-state index in [0.717, 1.165) is 67.3 Å². The molecule has 2 fully saturated rings. The Hall–Kier alpha value is -4.37. The van der Waals surface area contributed by atoms with Crippen molar-refractivity contribution in [3.8, 4) is 5.75 Å². The number of aromatic nitrogens is 1. The van der Waals surface area contributed by atoms with Crippen LogP contribution in [0.1, 0.15) is 87.4 Å². The fourth-order valence-electron chi connectivity index (χ4n) is 6.83. The average molecular weight is 596 g/mol. The third-order valence-electron chi connectivity index (χ3n) is 9.29. The van der Waals surface area contributed by atoms with Gasteiger partial charge in [-0.25, -0.2) is 0 Å². The maximum Gasteiger partial charge on any atom is 0.256 e. The number of nitrogens with one attached hydrogen (secondary N) is 3. The summed E-state index contributed by atoms with van der Waals surface area (Å²) in [6.07, 6.45) is 6.33. The first-order valence-electron chi connectivity index (χ1n) is 15.6. The minimum Gasteiger partial charge on any atom is -0.497 e. The number of benzene rings is 2. The molecule has 3 aliphatic rings. The second-order valence-corrected chi connectivity index (χ2v) is 12.2. The summed E-state index contributed by atoms with van der Waals surface area (Å²) < 4.78 is 5.32. The van der Waals surface area contributed by atoms with E-state index in [2.05, 4.69) is 20.5 Å². The van der Waals surface area contributed by atoms with Gasteiger partial charge in [0.2, 0.25) is 0 Å². The molecule has 0 unspecified atom stereocenters. The van der Waals surface area contributed by atoms with Crippen molar-refractivity contribution in [3.05, 3.63) is 81.7 Å². The normalized spacial score (nSPS) is 19.7. The van der Waals surface area contributed by atoms with Gasteiger partial charge in [0.25, 0.3) is 17.7 Å². The Balaban J connectivity index is 1.23. The van der Waals surface area contributed by atoms with Gasteiger partial charge in [0.15, 0.2) is 0 Å². The van der Waals surface area contributed by atoms with Crippen LogP contribution in [0, 0.1) is 13.8 Å². The highest BCUT2D eigenvalue weighted by Gasteiger charge is 2.34. The van der Waals surface area contributed by atoms with Gasteiger partial charge in [-0.15, -0.1) is 0 Å². The number of rotatable bonds is 8. The fraction of sp³-hybridized carbons (Fsp3) is 0.400. The zero-order valence-electron chi connectivity index (χ0n) is 26.0. The highest BCUT2D eigenvalue weighted by Crippen LogP contribution is 2.35. The van der Waals surface area contributed by atoms with Crippen LogP contribution in [0.2, 0.25) is 0 Å². The van der Waals surface area contributed by atoms with Crippen LogP contribution in [0.25, 0.3) is 11.6 Å². The van der Waals surface area contributed by atoms with Crippen molar-refractivity contribution < 1.29 is 19.1 Å². The first-order valence-corrected chi connectivity index (χ1v) is 15.6. The Morgan fingerprint density at radius 1 is 1.09 bits per heavy atom. The third-order valence-corrected chi connectivity index (χ3v) is 9.29. The van der Waals surface area contributed by atoms with Crippen LogP contribution in [-0.2, 0) is 4.79 Å². The Morgan fingerprint density at radius 3 is 2.66 bits per heavy atom. The maximum atomic E-state index is 13.9. The second-order valence-electron chi connectivity index (χ2n) is 12.2. The van der Waals surface area contributed by atoms with E-state index >= 15 is 0 Å². The lowest BCUT2D eigenvalue weighted by atomic mass is 10.0. The summed E-state index contributed by atoms with van der Waals surface area (Å²) in [6, 6.07) is 12.8. The molecule has 3 aromatic rings. The van der Waals surface area contributed by atoms with Crippen molar-refractivity contribution in [3.63, 3.8) is 0 Å². The first-order chi connectivity index (χ1) is 21.2. The predicted octanol–water partition coefficient (Wildman–Crippen LogP) is 5.32. The van der Waals surface area contributed by atoms with Crippen LogP contribution in [-0.4, -0.2) is 71.8 Å². The minimum atomic E-state index is -0.244. The molecule has 9 nitrogen and oxygen atoms in total. The lowest BCUT2D eigenvalue weighted by Gasteiger charge is -2.28. The predicted molar refractivity (Wildman–Crippen MR) is 172 cm³/mol. The number of aryl methyl sites for hydroxylation is 1. The van der Waals surface area contributed by atoms with Crippen LogP contribution in [0.15, 0.2) is 42.5 Å². The number of ether oxygens (including phenoxy) is 1. The van der Waals surface area contributed by atoms with E-state index in [9.17, 15) is 14.4 Å². The molecule has 2 saturated heterocycles. The van der Waals surface area contributed by atoms with E-state index in [1.165, 1.54) is 12.8 Å². The summed E-state index contributed by atoms with van der Waals surface area (Å²) in [7, 11) is 1.61. The van der Waals surface area contributed by atoms with Gasteiger partial charge in [-0.2, -0.15) is 0 Å². The zero-order chi connectivity index (χ0) is 31.0. The van der Waals surface area contributed by atoms with Crippen LogP contribution < -0.4 is 15.4 Å². The Morgan fingerprint density at radius 2 is 1.89 bits per heavy atom. The molecule has 6 rings (SSSR count). The Kier molecular flexibility index (Phi) is 8.31. The molecular weight excluding hydrogens is 554 g/mol. The largest absolute Gasteiger partial charge is 0.497 e. The van der Waals surface area contributed by atoms with E-state index in [1.54, 1.807) is 31.4 Å². The number of aromatic amines is 1. The van der Waals surface area contributed by atoms with Gasteiger partial charge in [-0.05, 0) is 107 Å². The number of carbonyl (C=O) groups is 3. The molecule has 2 atom stereocenters. The van der Waals surface area contributed by atoms with Crippen LogP contribution >= 0.6 is 0 Å². The fourth-order valence-corrected chi connectivity index (χ4v) is 6.83. The molecule has 0 saturated carbocycles. The summed E-state index contributed by atoms with van der Waals surface area (Å²) >= 11 is 0. The van der Waals surface area contributed by atoms with Gasteiger partial charge in [0, 0.05) is 47.3 Å². The SMILES string of the molecule is COc1cccc([C@@H](C)NC(=O)c2ccc3c(c2)/C(=C/c2[nH]c(C)c(C(=O)N4CCC[C@H]4CN4CCCC4)c2C)C(=O)N3)c1. The number of hydrogen-bond acceptors (Lipinski definition) is 5. The van der Waals surface area contributed by atoms with Gasteiger partial charge in [-0.1, -0.05) is 12.1 Å². The van der Waals surface area contributed by atoms with Crippen LogP contribution in [0.5, 0.6) is 5.75 Å². The molecule has 230 valence electrons. The number of H-pyrrole nitrogens is 1. The number of anilines is 1. The number of carbonyl (C=O) groups excluding carboxylic acids is 3. The lowest BCUT2D eigenvalue weighted by molar-refractivity contribution is -0.110. The molecule has 0 radical (unpaired) electrons. The molecule has 0 aliphatic carbocycles. The maximum absolute atomic E-state index is 13.9. The van der Waals surface area contributed by atoms with E-state index in [-0.39, 0.29) is 29.8 Å². The molecular formula is C35H41N5O4. The lowest BCUT2D eigenvalue weighted by Crippen LogP contribution is -2.42. The summed E-state index contributed by atoms with van der Waals surface area (Å²) in [6.45, 7) is 9.72. The number of nitrogens with zero attached hydrogens (tertiary/aromatic N) is 2. The number of amides is 3. The molecule has 44 heavy (non-hydrogen) atoms. The second kappa shape index (κ2) is 12.3. The number of hydrogen-bond donors (Lipinski definition) is 3. The van der Waals surface area contributed by atoms with Crippen LogP contribution in [0.4, 0.5) is 5.69 Å². The molecule has 0 spiro atoms. The van der Waals surface area contributed by atoms with Gasteiger partial charge >= 0.3 is 0 Å². The number of methoxy groups -OCH3 is 1. The average Bonchev–Trinajstić information content (AvgIpc) is 3.81. The van der Waals surface area contributed by atoms with Crippen LogP contribution in [0.3, 0.4) is 0 Å². The third kappa shape index (κ3) is 5.76. The molecule has 3 N–H and O–H groups in total. The molecule has 9 heteroatoms. The number of likely N-dealkylation sites (tertiary alicyclic amines) is 2. The monoisotopic (exact) mass is 595 g/mol. The van der Waals surface area contributed by atoms with E-state index in [0.29, 0.717) is 28.0 Å². The molecule has 2 aromatic carbocycles. The summed E-state index contributed by atoms with van der Waals surface area (Å²) in [5.41, 5.74) is 6.17. The van der Waals surface area contributed by atoms with Gasteiger partial charge in [-0.3, -0.25) is 14.4 Å². The smallest absolute Gasteiger partial charge is 0.256 e. The highest BCUT2D eigenvalue weighted by molar-refractivity contribution is 6.35. The van der Waals surface area contributed by atoms with Crippen molar-refractivity contribution in [2.24, 2.45) is 0 Å². The Bertz CT molecular complexity index is 1630. The first kappa shape index (κ1) is 29.7. The minimum absolute atomic E-state index is 0.0583. The van der Waals surface area contributed by atoms with E-state index < -0.39 is 0 Å². The van der Waals surface area contributed by atoms with Gasteiger partial charge in [0.1, 0.15) is 5.75 Å². The molecule has 1 aromatic heterocycles. The summed E-state index contributed by atoms with van der Waals surface area (Å²) in [5, 5.41) is 5.96. The van der Waals surface area contributed by atoms with Crippen molar-refractivity contribution in [2.75, 3.05) is 38.6 Å². The molecule has 3 aliphatic heterocycles. The molecule has 4 heterocycles.